The summed E-state index contributed by atoms with van der Waals surface area (Å²) in [5.41, 5.74) is 9.86. The Balaban J connectivity index is 1.12. The summed E-state index contributed by atoms with van der Waals surface area (Å²) < 4.78 is 18.3. The summed E-state index contributed by atoms with van der Waals surface area (Å²) in [5.74, 6) is 1.57. The lowest BCUT2D eigenvalue weighted by Gasteiger charge is -2.25. The monoisotopic (exact) mass is 667 g/mol. The molecular formula is C47H29N3O2. The van der Waals surface area contributed by atoms with Gasteiger partial charge in [-0.2, -0.15) is 4.98 Å². The smallest absolute Gasteiger partial charge is 0.307 e. The fourth-order valence-electron chi connectivity index (χ4n) is 8.92. The van der Waals surface area contributed by atoms with Crippen molar-refractivity contribution in [2.75, 3.05) is 0 Å². The molecule has 1 aliphatic heterocycles. The van der Waals surface area contributed by atoms with Crippen LogP contribution in [0.1, 0.15) is 28.5 Å². The molecule has 7 aromatic carbocycles. The summed E-state index contributed by atoms with van der Waals surface area (Å²) >= 11 is 0. The molecule has 2 unspecified atom stereocenters. The lowest BCUT2D eigenvalue weighted by molar-refractivity contribution is 0.274. The van der Waals surface area contributed by atoms with Crippen molar-refractivity contribution in [1.29, 1.82) is 0 Å². The molecule has 244 valence electrons. The maximum Gasteiger partial charge on any atom is 0.307 e. The van der Waals surface area contributed by atoms with E-state index in [0.29, 0.717) is 6.01 Å². The predicted octanol–water partition coefficient (Wildman–Crippen LogP) is 11.5. The lowest BCUT2D eigenvalue weighted by atomic mass is 9.81. The summed E-state index contributed by atoms with van der Waals surface area (Å²) in [4.78, 5) is 5.37. The molecule has 0 saturated heterocycles. The number of hydrogen-bond donors (Lipinski definition) is 0. The van der Waals surface area contributed by atoms with E-state index in [9.17, 15) is 0 Å². The third kappa shape index (κ3) is 3.74. The highest BCUT2D eigenvalue weighted by molar-refractivity contribution is 6.28. The Morgan fingerprint density at radius 3 is 2.00 bits per heavy atom. The van der Waals surface area contributed by atoms with Crippen molar-refractivity contribution >= 4 is 66.0 Å². The molecule has 10 aromatic rings. The molecule has 0 N–H and O–H groups in total. The Hall–Kier alpha value is -6.85. The molecule has 0 amide bonds. The number of nitrogens with zero attached hydrogens (tertiary/aromatic N) is 3. The number of hydrogen-bond acceptors (Lipinski definition) is 3. The molecule has 0 spiro atoms. The van der Waals surface area contributed by atoms with Gasteiger partial charge in [0, 0.05) is 38.4 Å². The van der Waals surface area contributed by atoms with Gasteiger partial charge in [0.15, 0.2) is 5.76 Å². The van der Waals surface area contributed by atoms with Gasteiger partial charge in [-0.3, -0.25) is 4.57 Å². The van der Waals surface area contributed by atoms with Crippen molar-refractivity contribution in [2.45, 2.75) is 12.0 Å². The summed E-state index contributed by atoms with van der Waals surface area (Å²) in [6.07, 6.45) is 1.94. The predicted molar refractivity (Wildman–Crippen MR) is 210 cm³/mol. The third-order valence-electron chi connectivity index (χ3n) is 11.1. The summed E-state index contributed by atoms with van der Waals surface area (Å²) in [5, 5.41) is 7.20. The highest BCUT2D eigenvalue weighted by Crippen LogP contribution is 2.52. The second kappa shape index (κ2) is 10.3. The van der Waals surface area contributed by atoms with Crippen LogP contribution in [0.5, 0.6) is 5.75 Å². The third-order valence-corrected chi connectivity index (χ3v) is 11.1. The van der Waals surface area contributed by atoms with E-state index in [4.69, 9.17) is 14.1 Å². The van der Waals surface area contributed by atoms with Gasteiger partial charge in [0.2, 0.25) is 0 Å². The van der Waals surface area contributed by atoms with Crippen molar-refractivity contribution < 1.29 is 9.15 Å². The van der Waals surface area contributed by atoms with Crippen molar-refractivity contribution in [2.24, 2.45) is 0 Å². The molecule has 2 aliphatic rings. The molecule has 4 heterocycles. The molecule has 12 rings (SSSR count). The van der Waals surface area contributed by atoms with Crippen LogP contribution < -0.4 is 4.74 Å². The number of ether oxygens (including phenoxy) is 1. The molecule has 0 bridgehead atoms. The van der Waals surface area contributed by atoms with Crippen LogP contribution in [0.25, 0.3) is 77.7 Å². The van der Waals surface area contributed by atoms with Crippen LogP contribution in [-0.2, 0) is 0 Å². The van der Waals surface area contributed by atoms with Crippen LogP contribution in [0.4, 0.5) is 0 Å². The van der Waals surface area contributed by atoms with E-state index in [1.807, 2.05) is 6.07 Å². The highest BCUT2D eigenvalue weighted by atomic mass is 16.5. The lowest BCUT2D eigenvalue weighted by Crippen LogP contribution is -2.25. The van der Waals surface area contributed by atoms with Crippen LogP contribution in [-0.4, -0.2) is 20.2 Å². The first-order valence-corrected chi connectivity index (χ1v) is 17.8. The van der Waals surface area contributed by atoms with Crippen LogP contribution in [0.3, 0.4) is 0 Å². The second-order valence-corrected chi connectivity index (χ2v) is 13.9. The fraction of sp³-hybridized carbons (Fsp3) is 0.0426. The fourth-order valence-corrected chi connectivity index (χ4v) is 8.92. The Bertz CT molecular complexity index is 3130. The van der Waals surface area contributed by atoms with Crippen molar-refractivity contribution in [1.82, 2.24) is 14.1 Å². The van der Waals surface area contributed by atoms with E-state index in [1.54, 1.807) is 0 Å². The number of fused-ring (bicyclic) bond motifs is 13. The molecule has 0 radical (unpaired) electrons. The number of oxazole rings is 1. The van der Waals surface area contributed by atoms with Crippen molar-refractivity contribution in [3.05, 3.63) is 180 Å². The molecule has 52 heavy (non-hydrogen) atoms. The Kier molecular flexibility index (Phi) is 5.55. The summed E-state index contributed by atoms with van der Waals surface area (Å²) in [7, 11) is 0. The largest absolute Gasteiger partial charge is 0.484 e. The quantitative estimate of drug-likeness (QED) is 0.188. The molecule has 0 fully saturated rings. The molecule has 5 nitrogen and oxygen atoms in total. The second-order valence-electron chi connectivity index (χ2n) is 13.9. The first-order chi connectivity index (χ1) is 25.8. The topological polar surface area (TPSA) is 45.1 Å². The average Bonchev–Trinajstić information content (AvgIpc) is 3.96. The normalized spacial score (nSPS) is 16.3. The van der Waals surface area contributed by atoms with Gasteiger partial charge >= 0.3 is 6.01 Å². The van der Waals surface area contributed by atoms with Crippen molar-refractivity contribution in [3.8, 4) is 17.5 Å². The minimum Gasteiger partial charge on any atom is -0.484 e. The van der Waals surface area contributed by atoms with Gasteiger partial charge in [-0.25, -0.2) is 0 Å². The first kappa shape index (κ1) is 27.9. The molecule has 2 atom stereocenters. The summed E-state index contributed by atoms with van der Waals surface area (Å²) in [6, 6.07) is 56.5. The zero-order valence-corrected chi connectivity index (χ0v) is 27.9. The molecule has 5 heteroatoms. The Morgan fingerprint density at radius 1 is 0.538 bits per heavy atom. The van der Waals surface area contributed by atoms with E-state index in [1.165, 1.54) is 38.0 Å². The number of para-hydroxylation sites is 4. The molecule has 3 aromatic heterocycles. The standard InChI is InChI=1S/C47H29N3O2/c1-2-14-31(15-3-1)49-36-19-9-6-16-32(36)42-38(49)24-25-39-43(42)33-17-7-10-20-37(33)50(39)47-48-45-41(52-47)27-35(30-23-22-28-12-4-5-13-29(28)26-30)46-44(45)34-18-8-11-21-40(34)51-46/h1-27,44,46H. The summed E-state index contributed by atoms with van der Waals surface area (Å²) in [6.45, 7) is 0. The van der Waals surface area contributed by atoms with Gasteiger partial charge in [0.05, 0.1) is 28.0 Å². The maximum absolute atomic E-state index is 6.92. The zero-order chi connectivity index (χ0) is 33.9. The van der Waals surface area contributed by atoms with E-state index >= 15 is 0 Å². The number of rotatable bonds is 3. The minimum absolute atomic E-state index is 0.0983. The number of aromatic nitrogens is 3. The van der Waals surface area contributed by atoms with Crippen LogP contribution >= 0.6 is 0 Å². The van der Waals surface area contributed by atoms with Gasteiger partial charge in [-0.1, -0.05) is 109 Å². The maximum atomic E-state index is 6.92. The minimum atomic E-state index is -0.217. The highest BCUT2D eigenvalue weighted by Gasteiger charge is 2.44. The van der Waals surface area contributed by atoms with Crippen LogP contribution in [0.15, 0.2) is 162 Å². The SMILES string of the molecule is C1=C(c2ccc3ccccc3c2)C2Oc3ccccc3C2c2nc(-n3c4ccccc4c4c5c6ccccc6n(-c6ccccc6)c5ccc43)oc21. The van der Waals surface area contributed by atoms with E-state index in [-0.39, 0.29) is 12.0 Å². The van der Waals surface area contributed by atoms with Gasteiger partial charge < -0.3 is 13.7 Å². The van der Waals surface area contributed by atoms with Gasteiger partial charge in [0.25, 0.3) is 0 Å². The van der Waals surface area contributed by atoms with Crippen LogP contribution in [0, 0.1) is 0 Å². The molecular weight excluding hydrogens is 639 g/mol. The first-order valence-electron chi connectivity index (χ1n) is 17.8. The number of benzene rings is 7. The van der Waals surface area contributed by atoms with E-state index in [0.717, 1.165) is 56.0 Å². The Morgan fingerprint density at radius 2 is 1.19 bits per heavy atom. The van der Waals surface area contributed by atoms with E-state index < -0.39 is 0 Å². The van der Waals surface area contributed by atoms with Gasteiger partial charge in [-0.15, -0.1) is 0 Å². The van der Waals surface area contributed by atoms with Gasteiger partial charge in [-0.05, 0) is 70.9 Å². The molecule has 0 saturated carbocycles. The zero-order valence-electron chi connectivity index (χ0n) is 27.9. The van der Waals surface area contributed by atoms with Crippen molar-refractivity contribution in [3.63, 3.8) is 0 Å². The molecule has 1 aliphatic carbocycles. The Labute approximate surface area is 298 Å². The van der Waals surface area contributed by atoms with Crippen LogP contribution in [0.2, 0.25) is 0 Å². The van der Waals surface area contributed by atoms with Gasteiger partial charge in [0.1, 0.15) is 17.5 Å². The van der Waals surface area contributed by atoms with E-state index in [2.05, 4.69) is 167 Å². The average molecular weight is 668 g/mol.